The smallest absolute Gasteiger partial charge is 0.337 e. The zero-order valence-corrected chi connectivity index (χ0v) is 15.4. The van der Waals surface area contributed by atoms with Gasteiger partial charge in [0, 0.05) is 0 Å². The number of nitrogens with zero attached hydrogens (tertiary/aromatic N) is 3. The van der Waals surface area contributed by atoms with Gasteiger partial charge in [0.25, 0.3) is 10.0 Å². The van der Waals surface area contributed by atoms with E-state index in [9.17, 15) is 22.7 Å². The molecule has 28 heavy (non-hydrogen) atoms. The molecular weight excluding hydrogens is 391 g/mol. The first-order valence-corrected chi connectivity index (χ1v) is 9.33. The Hall–Kier alpha value is -3.47. The minimum absolute atomic E-state index is 0.0755. The van der Waals surface area contributed by atoms with Gasteiger partial charge in [-0.15, -0.1) is 0 Å². The Morgan fingerprint density at radius 1 is 1.29 bits per heavy atom. The summed E-state index contributed by atoms with van der Waals surface area (Å²) in [5.74, 6) is -2.39. The lowest BCUT2D eigenvalue weighted by molar-refractivity contribution is 0.0600. The van der Waals surface area contributed by atoms with Crippen LogP contribution < -0.4 is 4.72 Å². The van der Waals surface area contributed by atoms with Crippen molar-refractivity contribution in [3.63, 3.8) is 0 Å². The van der Waals surface area contributed by atoms with Crippen LogP contribution in [0.25, 0.3) is 0 Å². The summed E-state index contributed by atoms with van der Waals surface area (Å²) < 4.78 is 47.1. The number of nitrogens with one attached hydrogen (secondary N) is 1. The van der Waals surface area contributed by atoms with Gasteiger partial charge in [-0.3, -0.25) is 4.72 Å². The Balaban J connectivity index is 1.97. The maximum Gasteiger partial charge on any atom is 0.337 e. The molecule has 0 amide bonds. The van der Waals surface area contributed by atoms with Crippen molar-refractivity contribution in [2.75, 3.05) is 11.8 Å². The van der Waals surface area contributed by atoms with Crippen molar-refractivity contribution in [3.8, 4) is 5.75 Å². The lowest BCUT2D eigenvalue weighted by Gasteiger charge is -2.12. The summed E-state index contributed by atoms with van der Waals surface area (Å²) in [5, 5.41) is 13.2. The van der Waals surface area contributed by atoms with Gasteiger partial charge in [0.15, 0.2) is 11.6 Å². The number of halogens is 1. The maximum atomic E-state index is 13.5. The quantitative estimate of drug-likeness (QED) is 0.598. The topological polar surface area (TPSA) is 123 Å². The van der Waals surface area contributed by atoms with Crippen molar-refractivity contribution in [2.45, 2.75) is 11.4 Å². The molecule has 0 unspecified atom stereocenters. The molecule has 1 heterocycles. The third-order valence-electron chi connectivity index (χ3n) is 3.71. The summed E-state index contributed by atoms with van der Waals surface area (Å²) in [5.41, 5.74) is 0.754. The summed E-state index contributed by atoms with van der Waals surface area (Å²) in [6.07, 6.45) is 2.81. The molecule has 0 radical (unpaired) electrons. The first kappa shape index (κ1) is 19.3. The maximum absolute atomic E-state index is 13.5. The number of hydrogen-bond donors (Lipinski definition) is 2. The average molecular weight is 406 g/mol. The molecule has 0 bridgehead atoms. The fourth-order valence-corrected chi connectivity index (χ4v) is 3.50. The van der Waals surface area contributed by atoms with Gasteiger partial charge in [-0.05, 0) is 42.0 Å². The fourth-order valence-electron chi connectivity index (χ4n) is 2.45. The van der Waals surface area contributed by atoms with E-state index in [-0.39, 0.29) is 22.7 Å². The van der Waals surface area contributed by atoms with E-state index >= 15 is 0 Å². The molecular formula is C17H15FN4O5S. The second kappa shape index (κ2) is 7.64. The zero-order valence-electron chi connectivity index (χ0n) is 14.5. The van der Waals surface area contributed by atoms with E-state index in [1.165, 1.54) is 42.6 Å². The second-order valence-corrected chi connectivity index (χ2v) is 7.40. The molecule has 0 aliphatic carbocycles. The second-order valence-electron chi connectivity index (χ2n) is 5.72. The number of phenols is 1. The van der Waals surface area contributed by atoms with Crippen molar-refractivity contribution in [2.24, 2.45) is 0 Å². The molecule has 9 nitrogen and oxygen atoms in total. The lowest BCUT2D eigenvalue weighted by atomic mass is 10.1. The van der Waals surface area contributed by atoms with Crippen LogP contribution in [0.2, 0.25) is 0 Å². The molecule has 3 rings (SSSR count). The third kappa shape index (κ3) is 4.26. The molecule has 2 aromatic carbocycles. The van der Waals surface area contributed by atoms with Gasteiger partial charge in [0.05, 0.1) is 29.8 Å². The summed E-state index contributed by atoms with van der Waals surface area (Å²) in [6, 6.07) is 7.02. The van der Waals surface area contributed by atoms with Crippen molar-refractivity contribution < 1.29 is 27.4 Å². The molecule has 0 saturated carbocycles. The molecule has 0 aliphatic heterocycles. The average Bonchev–Trinajstić information content (AvgIpc) is 3.15. The molecule has 146 valence electrons. The van der Waals surface area contributed by atoms with Crippen molar-refractivity contribution >= 4 is 21.7 Å². The highest BCUT2D eigenvalue weighted by molar-refractivity contribution is 7.92. The first-order chi connectivity index (χ1) is 13.3. The lowest BCUT2D eigenvalue weighted by Crippen LogP contribution is -2.14. The highest BCUT2D eigenvalue weighted by Gasteiger charge is 2.18. The number of anilines is 1. The van der Waals surface area contributed by atoms with Gasteiger partial charge >= 0.3 is 5.97 Å². The van der Waals surface area contributed by atoms with E-state index in [2.05, 4.69) is 14.8 Å². The van der Waals surface area contributed by atoms with Crippen LogP contribution in [-0.2, 0) is 21.3 Å². The molecule has 0 aliphatic rings. The van der Waals surface area contributed by atoms with Gasteiger partial charge in [-0.2, -0.15) is 5.10 Å². The standard InChI is InChI=1S/C17H15FN4O5S/c1-27-17(24)12-4-11(8-22-10-19-9-20-22)5-13(6-12)21-28(25,26)14-2-3-16(23)15(18)7-14/h2-7,9-10,21,23H,8H2,1H3. The highest BCUT2D eigenvalue weighted by atomic mass is 32.2. The number of benzene rings is 2. The van der Waals surface area contributed by atoms with Crippen molar-refractivity contribution in [1.82, 2.24) is 14.8 Å². The predicted octanol–water partition coefficient (Wildman–Crippen LogP) is 1.76. The third-order valence-corrected chi connectivity index (χ3v) is 5.09. The summed E-state index contributed by atoms with van der Waals surface area (Å²) in [6.45, 7) is 0.230. The number of methoxy groups -OCH3 is 1. The van der Waals surface area contributed by atoms with E-state index in [1.54, 1.807) is 0 Å². The summed E-state index contributed by atoms with van der Waals surface area (Å²) in [4.78, 5) is 15.4. The molecule has 0 fully saturated rings. The van der Waals surface area contributed by atoms with Crippen LogP contribution in [0.1, 0.15) is 15.9 Å². The zero-order chi connectivity index (χ0) is 20.3. The number of esters is 1. The largest absolute Gasteiger partial charge is 0.505 e. The van der Waals surface area contributed by atoms with Crippen LogP contribution >= 0.6 is 0 Å². The number of aromatic nitrogens is 3. The number of hydrogen-bond acceptors (Lipinski definition) is 7. The minimum atomic E-state index is -4.17. The number of aromatic hydroxyl groups is 1. The number of phenolic OH excluding ortho intramolecular Hbond substituents is 1. The monoisotopic (exact) mass is 406 g/mol. The molecule has 1 aromatic heterocycles. The van der Waals surface area contributed by atoms with Crippen LogP contribution in [0.5, 0.6) is 5.75 Å². The van der Waals surface area contributed by atoms with E-state index in [4.69, 9.17) is 4.74 Å². The number of sulfonamides is 1. The number of carbonyl (C=O) groups is 1. The van der Waals surface area contributed by atoms with Crippen LogP contribution in [0.15, 0.2) is 53.9 Å². The highest BCUT2D eigenvalue weighted by Crippen LogP contribution is 2.23. The normalized spacial score (nSPS) is 11.2. The van der Waals surface area contributed by atoms with Gasteiger partial charge in [-0.1, -0.05) is 0 Å². The Morgan fingerprint density at radius 3 is 2.71 bits per heavy atom. The molecule has 11 heteroatoms. The van der Waals surface area contributed by atoms with Gasteiger partial charge in [-0.25, -0.2) is 27.3 Å². The van der Waals surface area contributed by atoms with Gasteiger partial charge in [0.1, 0.15) is 12.7 Å². The first-order valence-electron chi connectivity index (χ1n) is 7.84. The Kier molecular flexibility index (Phi) is 5.27. The fraction of sp³-hybridized carbons (Fsp3) is 0.118. The van der Waals surface area contributed by atoms with Gasteiger partial charge in [0.2, 0.25) is 0 Å². The SMILES string of the molecule is COC(=O)c1cc(Cn2cncn2)cc(NS(=O)(=O)c2ccc(O)c(F)c2)c1. The van der Waals surface area contributed by atoms with Crippen molar-refractivity contribution in [1.29, 1.82) is 0 Å². The van der Waals surface area contributed by atoms with E-state index in [0.29, 0.717) is 11.6 Å². The summed E-state index contributed by atoms with van der Waals surface area (Å²) >= 11 is 0. The number of ether oxygens (including phenoxy) is 1. The summed E-state index contributed by atoms with van der Waals surface area (Å²) in [7, 11) is -2.96. The Bertz CT molecular complexity index is 1120. The number of carbonyl (C=O) groups excluding carboxylic acids is 1. The molecule has 0 spiro atoms. The Morgan fingerprint density at radius 2 is 2.07 bits per heavy atom. The predicted molar refractivity (Wildman–Crippen MR) is 95.8 cm³/mol. The van der Waals surface area contributed by atoms with Gasteiger partial charge < -0.3 is 9.84 Å². The van der Waals surface area contributed by atoms with Crippen LogP contribution in [-0.4, -0.2) is 41.4 Å². The molecule has 3 aromatic rings. The van der Waals surface area contributed by atoms with E-state index < -0.39 is 27.6 Å². The molecule has 0 saturated heterocycles. The minimum Gasteiger partial charge on any atom is -0.505 e. The number of rotatable bonds is 6. The van der Waals surface area contributed by atoms with Crippen molar-refractivity contribution in [3.05, 3.63) is 66.0 Å². The van der Waals surface area contributed by atoms with Crippen LogP contribution in [0, 0.1) is 5.82 Å². The molecule has 2 N–H and O–H groups in total. The van der Waals surface area contributed by atoms with Crippen LogP contribution in [0.3, 0.4) is 0 Å². The van der Waals surface area contributed by atoms with Crippen LogP contribution in [0.4, 0.5) is 10.1 Å². The van der Waals surface area contributed by atoms with E-state index in [0.717, 1.165) is 12.1 Å². The van der Waals surface area contributed by atoms with E-state index in [1.807, 2.05) is 0 Å². The Labute approximate surface area is 159 Å². The molecule has 0 atom stereocenters.